The van der Waals surface area contributed by atoms with Gasteiger partial charge in [-0.25, -0.2) is 13.4 Å². The van der Waals surface area contributed by atoms with Crippen molar-refractivity contribution >= 4 is 50.0 Å². The fourth-order valence-electron chi connectivity index (χ4n) is 2.34. The Hall–Kier alpha value is -2.23. The summed E-state index contributed by atoms with van der Waals surface area (Å²) >= 11 is 2.90. The Balaban J connectivity index is 1.84. The molecule has 3 aromatic rings. The van der Waals surface area contributed by atoms with Crippen LogP contribution in [0, 0.1) is 13.8 Å². The van der Waals surface area contributed by atoms with Crippen LogP contribution < -0.4 is 10.0 Å². The number of anilines is 2. The van der Waals surface area contributed by atoms with Gasteiger partial charge in [0.25, 0.3) is 10.0 Å². The topological polar surface area (TPSA) is 88.2 Å². The molecule has 2 heterocycles. The van der Waals surface area contributed by atoms with Crippen LogP contribution in [0.2, 0.25) is 0 Å². The van der Waals surface area contributed by atoms with Crippen LogP contribution in [0.3, 0.4) is 0 Å². The smallest absolute Gasteiger partial charge is 0.263 e. The number of carbonyl (C=O) groups excluding carboxylic acids is 1. The molecule has 0 radical (unpaired) electrons. The Morgan fingerprint density at radius 3 is 2.35 bits per heavy atom. The Kier molecular flexibility index (Phi) is 5.12. The van der Waals surface area contributed by atoms with E-state index >= 15 is 0 Å². The summed E-state index contributed by atoms with van der Waals surface area (Å²) in [6, 6.07) is 8.16. The number of aryl methyl sites for hydroxylation is 2. The molecule has 0 atom stereocenters. The molecule has 1 amide bonds. The summed E-state index contributed by atoms with van der Waals surface area (Å²) in [5, 5.41) is 5.39. The van der Waals surface area contributed by atoms with E-state index in [4.69, 9.17) is 0 Å². The summed E-state index contributed by atoms with van der Waals surface area (Å²) in [6.07, 6.45) is 0. The number of hydrogen-bond donors (Lipinski definition) is 2. The highest BCUT2D eigenvalue weighted by Crippen LogP contribution is 2.35. The summed E-state index contributed by atoms with van der Waals surface area (Å²) in [6.45, 7) is 5.10. The van der Waals surface area contributed by atoms with Gasteiger partial charge in [0.05, 0.1) is 4.88 Å². The lowest BCUT2D eigenvalue weighted by Crippen LogP contribution is -2.13. The van der Waals surface area contributed by atoms with Crippen LogP contribution in [0.5, 0.6) is 0 Å². The van der Waals surface area contributed by atoms with Crippen LogP contribution >= 0.6 is 22.7 Å². The number of benzene rings is 1. The van der Waals surface area contributed by atoms with Gasteiger partial charge in [-0.1, -0.05) is 0 Å². The van der Waals surface area contributed by atoms with Gasteiger partial charge in [0, 0.05) is 34.2 Å². The van der Waals surface area contributed by atoms with Gasteiger partial charge in [-0.3, -0.25) is 9.52 Å². The van der Waals surface area contributed by atoms with E-state index in [0.717, 1.165) is 15.6 Å². The first-order chi connectivity index (χ1) is 12.2. The quantitative estimate of drug-likeness (QED) is 0.662. The minimum absolute atomic E-state index is 0.183. The van der Waals surface area contributed by atoms with Crippen molar-refractivity contribution in [3.05, 3.63) is 46.3 Å². The van der Waals surface area contributed by atoms with Gasteiger partial charge in [0.2, 0.25) is 5.91 Å². The van der Waals surface area contributed by atoms with Gasteiger partial charge in [-0.05, 0) is 44.2 Å². The molecule has 0 aliphatic heterocycles. The summed E-state index contributed by atoms with van der Waals surface area (Å²) in [7, 11) is -3.71. The fraction of sp³-hybridized carbons (Fsp3) is 0.176. The number of aromatic nitrogens is 1. The molecular weight excluding hydrogens is 390 g/mol. The summed E-state index contributed by atoms with van der Waals surface area (Å²) in [4.78, 5) is 17.2. The van der Waals surface area contributed by atoms with E-state index in [1.165, 1.54) is 29.6 Å². The zero-order chi connectivity index (χ0) is 18.9. The first-order valence-electron chi connectivity index (χ1n) is 7.68. The van der Waals surface area contributed by atoms with Crippen molar-refractivity contribution in [3.8, 4) is 9.88 Å². The molecule has 0 spiro atoms. The molecule has 0 aliphatic rings. The number of thiophene rings is 1. The van der Waals surface area contributed by atoms with E-state index < -0.39 is 10.0 Å². The highest BCUT2D eigenvalue weighted by Gasteiger charge is 2.21. The maximum Gasteiger partial charge on any atom is 0.263 e. The molecule has 6 nitrogen and oxygen atoms in total. The molecule has 9 heteroatoms. The molecule has 1 aromatic carbocycles. The van der Waals surface area contributed by atoms with Crippen molar-refractivity contribution in [2.75, 3.05) is 10.0 Å². The van der Waals surface area contributed by atoms with Crippen LogP contribution in [-0.2, 0) is 14.8 Å². The van der Waals surface area contributed by atoms with Gasteiger partial charge in [-0.2, -0.15) is 0 Å². The van der Waals surface area contributed by atoms with Crippen molar-refractivity contribution in [2.45, 2.75) is 25.7 Å². The van der Waals surface area contributed by atoms with Gasteiger partial charge in [-0.15, -0.1) is 22.7 Å². The molecule has 0 bridgehead atoms. The number of hydrogen-bond acceptors (Lipinski definition) is 6. The second-order valence-corrected chi connectivity index (χ2v) is 9.45. The van der Waals surface area contributed by atoms with E-state index in [1.54, 1.807) is 37.3 Å². The highest BCUT2D eigenvalue weighted by atomic mass is 32.2. The van der Waals surface area contributed by atoms with E-state index in [9.17, 15) is 13.2 Å². The van der Waals surface area contributed by atoms with E-state index in [1.807, 2.05) is 12.3 Å². The third kappa shape index (κ3) is 4.12. The van der Waals surface area contributed by atoms with Crippen molar-refractivity contribution in [2.24, 2.45) is 0 Å². The third-order valence-corrected chi connectivity index (χ3v) is 7.27. The number of amides is 1. The lowest BCUT2D eigenvalue weighted by Gasteiger charge is -2.08. The van der Waals surface area contributed by atoms with Crippen molar-refractivity contribution < 1.29 is 13.2 Å². The molecule has 2 N–H and O–H groups in total. The lowest BCUT2D eigenvalue weighted by molar-refractivity contribution is -0.114. The van der Waals surface area contributed by atoms with Gasteiger partial charge >= 0.3 is 0 Å². The van der Waals surface area contributed by atoms with E-state index in [-0.39, 0.29) is 10.8 Å². The fourth-order valence-corrected chi connectivity index (χ4v) is 5.85. The summed E-state index contributed by atoms with van der Waals surface area (Å²) in [5.41, 5.74) is 1.95. The lowest BCUT2D eigenvalue weighted by atomic mass is 10.3. The molecule has 2 aromatic heterocycles. The van der Waals surface area contributed by atoms with Gasteiger partial charge < -0.3 is 5.32 Å². The van der Waals surface area contributed by atoms with Crippen molar-refractivity contribution in [1.29, 1.82) is 0 Å². The van der Waals surface area contributed by atoms with Crippen molar-refractivity contribution in [3.63, 3.8) is 0 Å². The Morgan fingerprint density at radius 2 is 1.77 bits per heavy atom. The number of sulfonamides is 1. The number of rotatable bonds is 5. The maximum absolute atomic E-state index is 12.7. The van der Waals surface area contributed by atoms with Crippen LogP contribution in [0.25, 0.3) is 9.88 Å². The standard InChI is InChI=1S/C17H17N3O3S3/c1-10-9-24-17(18-10)15-8-16(11(2)25-15)26(22,23)20-14-6-4-13(5-7-14)19-12(3)21/h4-9,20H,1-3H3,(H,19,21). The zero-order valence-electron chi connectivity index (χ0n) is 14.4. The van der Waals surface area contributed by atoms with Crippen LogP contribution in [0.4, 0.5) is 11.4 Å². The number of thiazole rings is 1. The second-order valence-electron chi connectivity index (χ2n) is 5.69. The number of nitrogens with zero attached hydrogens (tertiary/aromatic N) is 1. The molecule has 0 saturated carbocycles. The monoisotopic (exact) mass is 407 g/mol. The first-order valence-corrected chi connectivity index (χ1v) is 10.9. The van der Waals surface area contributed by atoms with Crippen LogP contribution in [-0.4, -0.2) is 19.3 Å². The molecular formula is C17H17N3O3S3. The summed E-state index contributed by atoms with van der Waals surface area (Å²) in [5.74, 6) is -0.183. The normalized spacial score (nSPS) is 11.3. The molecule has 0 aliphatic carbocycles. The maximum atomic E-state index is 12.7. The third-order valence-electron chi connectivity index (χ3n) is 3.45. The SMILES string of the molecule is CC(=O)Nc1ccc(NS(=O)(=O)c2cc(-c3nc(C)cs3)sc2C)cc1. The highest BCUT2D eigenvalue weighted by molar-refractivity contribution is 7.93. The predicted octanol–water partition coefficient (Wildman–Crippen LogP) is 4.25. The van der Waals surface area contributed by atoms with E-state index in [0.29, 0.717) is 16.3 Å². The molecule has 26 heavy (non-hydrogen) atoms. The zero-order valence-corrected chi connectivity index (χ0v) is 16.8. The molecule has 3 rings (SSSR count). The minimum Gasteiger partial charge on any atom is -0.326 e. The number of nitrogens with one attached hydrogen (secondary N) is 2. The molecule has 0 fully saturated rings. The van der Waals surface area contributed by atoms with Gasteiger partial charge in [0.15, 0.2) is 0 Å². The second kappa shape index (κ2) is 7.18. The molecule has 0 saturated heterocycles. The number of carbonyl (C=O) groups is 1. The van der Waals surface area contributed by atoms with E-state index in [2.05, 4.69) is 15.0 Å². The predicted molar refractivity (Wildman–Crippen MR) is 106 cm³/mol. The summed E-state index contributed by atoms with van der Waals surface area (Å²) < 4.78 is 28.1. The van der Waals surface area contributed by atoms with Crippen LogP contribution in [0.1, 0.15) is 17.5 Å². The molecule has 136 valence electrons. The Labute approximate surface area is 160 Å². The first kappa shape index (κ1) is 18.6. The Morgan fingerprint density at radius 1 is 1.12 bits per heavy atom. The average molecular weight is 408 g/mol. The Bertz CT molecular complexity index is 1050. The minimum atomic E-state index is -3.71. The van der Waals surface area contributed by atoms with Crippen molar-refractivity contribution in [1.82, 2.24) is 4.98 Å². The van der Waals surface area contributed by atoms with Crippen LogP contribution in [0.15, 0.2) is 40.6 Å². The van der Waals surface area contributed by atoms with Gasteiger partial charge in [0.1, 0.15) is 9.90 Å². The average Bonchev–Trinajstić information content (AvgIpc) is 3.15. The largest absolute Gasteiger partial charge is 0.326 e. The molecule has 0 unspecified atom stereocenters.